The smallest absolute Gasteiger partial charge is 0.251 e. The number of alkyl halides is 2. The molecule has 1 amide bonds. The molecule has 0 aromatic rings. The molecule has 0 aromatic carbocycles. The Hall–Kier alpha value is -0.790. The second-order valence-corrected chi connectivity index (χ2v) is 3.61. The Morgan fingerprint density at radius 1 is 1.53 bits per heavy atom. The van der Waals surface area contributed by atoms with Crippen molar-refractivity contribution in [3.05, 3.63) is 0 Å². The quantitative estimate of drug-likeness (QED) is 0.523. The lowest BCUT2D eigenvalue weighted by atomic mass is 10.4. The highest BCUT2D eigenvalue weighted by Crippen LogP contribution is 1.97. The lowest BCUT2D eigenvalue weighted by Gasteiger charge is -2.20. The third-order valence-electron chi connectivity index (χ3n) is 2.06. The summed E-state index contributed by atoms with van der Waals surface area (Å²) in [5.74, 6) is -0.268. The molecule has 0 unspecified atom stereocenters. The molecule has 0 saturated carbocycles. The minimum absolute atomic E-state index is 0.0471. The summed E-state index contributed by atoms with van der Waals surface area (Å²) in [7, 11) is 1.58. The highest BCUT2D eigenvalue weighted by Gasteiger charge is 2.14. The number of nitrogens with one attached hydrogen (secondary N) is 1. The van der Waals surface area contributed by atoms with Gasteiger partial charge < -0.3 is 15.8 Å². The van der Waals surface area contributed by atoms with Crippen molar-refractivity contribution in [1.82, 2.24) is 10.2 Å². The van der Waals surface area contributed by atoms with Gasteiger partial charge in [-0.25, -0.2) is 8.78 Å². The Morgan fingerprint density at radius 3 is 2.76 bits per heavy atom. The second-order valence-electron chi connectivity index (χ2n) is 3.61. The number of rotatable bonds is 10. The lowest BCUT2D eigenvalue weighted by Crippen LogP contribution is -2.42. The predicted molar refractivity (Wildman–Crippen MR) is 61.0 cm³/mol. The molecule has 0 aromatic heterocycles. The standard InChI is InChI=1S/C10H21F2N3O2/c1-17-6-2-4-14-10(16)8-15(5-3-13)7-9(11)12/h9H,2-8,13H2,1H3,(H,14,16). The van der Waals surface area contributed by atoms with Crippen LogP contribution in [0, 0.1) is 0 Å². The molecule has 0 aliphatic rings. The summed E-state index contributed by atoms with van der Waals surface area (Å²) in [5, 5.41) is 2.63. The average Bonchev–Trinajstić information content (AvgIpc) is 2.24. The van der Waals surface area contributed by atoms with Crippen LogP contribution in [0.15, 0.2) is 0 Å². The summed E-state index contributed by atoms with van der Waals surface area (Å²) >= 11 is 0. The van der Waals surface area contributed by atoms with Gasteiger partial charge in [0.15, 0.2) is 0 Å². The van der Waals surface area contributed by atoms with Crippen LogP contribution in [0.25, 0.3) is 0 Å². The summed E-state index contributed by atoms with van der Waals surface area (Å²) in [6.07, 6.45) is -1.75. The fourth-order valence-electron chi connectivity index (χ4n) is 1.32. The fourth-order valence-corrected chi connectivity index (χ4v) is 1.32. The Balaban J connectivity index is 3.78. The first kappa shape index (κ1) is 16.2. The van der Waals surface area contributed by atoms with Crippen LogP contribution in [0.5, 0.6) is 0 Å². The summed E-state index contributed by atoms with van der Waals surface area (Å²) < 4.78 is 29.2. The van der Waals surface area contributed by atoms with Crippen molar-refractivity contribution in [2.75, 3.05) is 46.4 Å². The number of carbonyl (C=O) groups is 1. The van der Waals surface area contributed by atoms with E-state index in [0.29, 0.717) is 19.6 Å². The monoisotopic (exact) mass is 253 g/mol. The third-order valence-corrected chi connectivity index (χ3v) is 2.06. The van der Waals surface area contributed by atoms with Crippen LogP contribution in [0.2, 0.25) is 0 Å². The zero-order chi connectivity index (χ0) is 13.1. The Bertz CT molecular complexity index is 206. The number of methoxy groups -OCH3 is 1. The fraction of sp³-hybridized carbons (Fsp3) is 0.900. The largest absolute Gasteiger partial charge is 0.385 e. The average molecular weight is 253 g/mol. The molecule has 0 saturated heterocycles. The van der Waals surface area contributed by atoms with Crippen LogP contribution < -0.4 is 11.1 Å². The summed E-state index contributed by atoms with van der Waals surface area (Å²) in [5.41, 5.74) is 5.29. The van der Waals surface area contributed by atoms with Gasteiger partial charge in [0.05, 0.1) is 13.1 Å². The van der Waals surface area contributed by atoms with Crippen molar-refractivity contribution in [2.24, 2.45) is 5.73 Å². The van der Waals surface area contributed by atoms with E-state index in [0.717, 1.165) is 0 Å². The van der Waals surface area contributed by atoms with E-state index in [1.807, 2.05) is 0 Å². The van der Waals surface area contributed by atoms with Gasteiger partial charge >= 0.3 is 0 Å². The Labute approximate surface area is 100 Å². The molecular formula is C10H21F2N3O2. The third kappa shape index (κ3) is 10.1. The van der Waals surface area contributed by atoms with Crippen LogP contribution in [-0.4, -0.2) is 63.7 Å². The maximum atomic E-state index is 12.2. The zero-order valence-electron chi connectivity index (χ0n) is 10.1. The van der Waals surface area contributed by atoms with Crippen LogP contribution in [-0.2, 0) is 9.53 Å². The minimum atomic E-state index is -2.46. The SMILES string of the molecule is COCCCNC(=O)CN(CCN)CC(F)F. The summed E-state index contributed by atoms with van der Waals surface area (Å²) in [6.45, 7) is 1.11. The van der Waals surface area contributed by atoms with Crippen LogP contribution in [0.1, 0.15) is 6.42 Å². The molecule has 0 aliphatic carbocycles. The molecule has 0 rings (SSSR count). The van der Waals surface area contributed by atoms with Gasteiger partial charge in [0, 0.05) is 33.4 Å². The molecular weight excluding hydrogens is 232 g/mol. The number of amides is 1. The van der Waals surface area contributed by atoms with Crippen molar-refractivity contribution < 1.29 is 18.3 Å². The molecule has 17 heavy (non-hydrogen) atoms. The summed E-state index contributed by atoms with van der Waals surface area (Å²) in [6, 6.07) is 0. The molecule has 0 radical (unpaired) electrons. The summed E-state index contributed by atoms with van der Waals surface area (Å²) in [4.78, 5) is 12.7. The van der Waals surface area contributed by atoms with E-state index in [4.69, 9.17) is 10.5 Å². The second kappa shape index (κ2) is 10.4. The van der Waals surface area contributed by atoms with Gasteiger partial charge in [-0.15, -0.1) is 0 Å². The first-order chi connectivity index (χ1) is 8.10. The molecule has 5 nitrogen and oxygen atoms in total. The van der Waals surface area contributed by atoms with Crippen molar-refractivity contribution in [1.29, 1.82) is 0 Å². The number of hydrogen-bond donors (Lipinski definition) is 2. The molecule has 0 fully saturated rings. The first-order valence-electron chi connectivity index (χ1n) is 5.56. The Kier molecular flexibility index (Phi) is 9.89. The van der Waals surface area contributed by atoms with Gasteiger partial charge in [-0.05, 0) is 6.42 Å². The number of halogens is 2. The highest BCUT2D eigenvalue weighted by molar-refractivity contribution is 5.77. The van der Waals surface area contributed by atoms with Crippen LogP contribution in [0.3, 0.4) is 0 Å². The van der Waals surface area contributed by atoms with Crippen molar-refractivity contribution in [3.8, 4) is 0 Å². The van der Waals surface area contributed by atoms with Crippen molar-refractivity contribution in [2.45, 2.75) is 12.8 Å². The van der Waals surface area contributed by atoms with Crippen molar-refractivity contribution in [3.63, 3.8) is 0 Å². The van der Waals surface area contributed by atoms with E-state index in [9.17, 15) is 13.6 Å². The van der Waals surface area contributed by atoms with E-state index >= 15 is 0 Å². The van der Waals surface area contributed by atoms with Gasteiger partial charge in [0.25, 0.3) is 6.43 Å². The zero-order valence-corrected chi connectivity index (χ0v) is 10.1. The van der Waals surface area contributed by atoms with E-state index < -0.39 is 13.0 Å². The normalized spacial score (nSPS) is 11.2. The Morgan fingerprint density at radius 2 is 2.24 bits per heavy atom. The van der Waals surface area contributed by atoms with E-state index in [-0.39, 0.29) is 25.5 Å². The molecule has 0 bridgehead atoms. The predicted octanol–water partition coefficient (Wildman–Crippen LogP) is -0.335. The minimum Gasteiger partial charge on any atom is -0.385 e. The van der Waals surface area contributed by atoms with Gasteiger partial charge in [0.2, 0.25) is 5.91 Å². The first-order valence-corrected chi connectivity index (χ1v) is 5.56. The number of nitrogens with two attached hydrogens (primary N) is 1. The van der Waals surface area contributed by atoms with E-state index in [1.165, 1.54) is 4.90 Å². The molecule has 102 valence electrons. The topological polar surface area (TPSA) is 67.6 Å². The molecule has 0 aliphatic heterocycles. The molecule has 0 heterocycles. The number of hydrogen-bond acceptors (Lipinski definition) is 4. The van der Waals surface area contributed by atoms with Crippen LogP contribution >= 0.6 is 0 Å². The maximum absolute atomic E-state index is 12.2. The highest BCUT2D eigenvalue weighted by atomic mass is 19.3. The number of carbonyl (C=O) groups excluding carboxylic acids is 1. The van der Waals surface area contributed by atoms with Crippen LogP contribution in [0.4, 0.5) is 8.78 Å². The van der Waals surface area contributed by atoms with Crippen molar-refractivity contribution >= 4 is 5.91 Å². The maximum Gasteiger partial charge on any atom is 0.251 e. The van der Waals surface area contributed by atoms with Gasteiger partial charge in [-0.2, -0.15) is 0 Å². The van der Waals surface area contributed by atoms with E-state index in [1.54, 1.807) is 7.11 Å². The molecule has 0 atom stereocenters. The van der Waals surface area contributed by atoms with E-state index in [2.05, 4.69) is 5.32 Å². The van der Waals surface area contributed by atoms with Gasteiger partial charge in [-0.3, -0.25) is 9.69 Å². The lowest BCUT2D eigenvalue weighted by molar-refractivity contribution is -0.122. The molecule has 3 N–H and O–H groups in total. The number of nitrogens with zero attached hydrogens (tertiary/aromatic N) is 1. The van der Waals surface area contributed by atoms with Gasteiger partial charge in [0.1, 0.15) is 0 Å². The number of ether oxygens (including phenoxy) is 1. The molecule has 7 heteroatoms. The van der Waals surface area contributed by atoms with Gasteiger partial charge in [-0.1, -0.05) is 0 Å². The molecule has 0 spiro atoms.